The van der Waals surface area contributed by atoms with Crippen molar-refractivity contribution in [3.8, 4) is 57.5 Å². The van der Waals surface area contributed by atoms with Gasteiger partial charge in [0.1, 0.15) is 34.9 Å². The van der Waals surface area contributed by atoms with Crippen molar-refractivity contribution in [1.82, 2.24) is 0 Å². The molecule has 234 valence electrons. The summed E-state index contributed by atoms with van der Waals surface area (Å²) >= 11 is 0. The van der Waals surface area contributed by atoms with Crippen molar-refractivity contribution in [1.29, 1.82) is 0 Å². The zero-order valence-electron chi connectivity index (χ0n) is 25.0. The molecule has 3 heterocycles. The minimum Gasteiger partial charge on any atom is -0.507 e. The minimum absolute atomic E-state index is 0.0808. The molecule has 3 aliphatic rings. The van der Waals surface area contributed by atoms with Gasteiger partial charge in [-0.15, -0.1) is 0 Å². The predicted molar refractivity (Wildman–Crippen MR) is 159 cm³/mol. The third-order valence-electron chi connectivity index (χ3n) is 8.77. The second kappa shape index (κ2) is 10.5. The summed E-state index contributed by atoms with van der Waals surface area (Å²) in [7, 11) is 6.16. The van der Waals surface area contributed by atoms with Crippen LogP contribution in [0.25, 0.3) is 0 Å². The SMILES string of the molecule is COc1ccc2c(c1)O[C@@]1(c3cc(OC)c(OC)c(OC)c3)C[C@@H]2c2c(cc(O)c3c2O[C@H](c2ccc(O)c(O)c2)[C@@H](O)C3)O1. The van der Waals surface area contributed by atoms with Crippen LogP contribution in [0, 0.1) is 0 Å². The molecule has 11 heteroatoms. The van der Waals surface area contributed by atoms with Crippen LogP contribution in [0.5, 0.6) is 57.5 Å². The zero-order valence-corrected chi connectivity index (χ0v) is 25.0. The molecule has 0 saturated carbocycles. The number of aliphatic hydroxyl groups is 1. The summed E-state index contributed by atoms with van der Waals surface area (Å²) < 4.78 is 42.3. The second-order valence-electron chi connectivity index (χ2n) is 11.2. The maximum absolute atomic E-state index is 11.2. The summed E-state index contributed by atoms with van der Waals surface area (Å²) in [5, 5.41) is 42.3. The Morgan fingerprint density at radius 1 is 0.756 bits per heavy atom. The van der Waals surface area contributed by atoms with Gasteiger partial charge in [-0.2, -0.15) is 0 Å². The van der Waals surface area contributed by atoms with Crippen molar-refractivity contribution < 1.29 is 53.6 Å². The van der Waals surface area contributed by atoms with Gasteiger partial charge in [0.2, 0.25) is 5.75 Å². The second-order valence-corrected chi connectivity index (χ2v) is 11.2. The molecule has 0 aliphatic carbocycles. The van der Waals surface area contributed by atoms with Crippen LogP contribution in [0.3, 0.4) is 0 Å². The van der Waals surface area contributed by atoms with E-state index >= 15 is 0 Å². The fourth-order valence-electron chi connectivity index (χ4n) is 6.61. The number of rotatable bonds is 6. The topological polar surface area (TPSA) is 146 Å². The number of hydrogen-bond donors (Lipinski definition) is 4. The van der Waals surface area contributed by atoms with Gasteiger partial charge in [-0.25, -0.2) is 0 Å². The molecular formula is C34H32O11. The van der Waals surface area contributed by atoms with E-state index in [2.05, 4.69) is 0 Å². The van der Waals surface area contributed by atoms with Crippen LogP contribution in [0.4, 0.5) is 0 Å². The van der Waals surface area contributed by atoms with Crippen molar-refractivity contribution in [2.45, 2.75) is 36.8 Å². The van der Waals surface area contributed by atoms with Crippen LogP contribution in [-0.2, 0) is 12.2 Å². The molecule has 4 aromatic rings. The number of methoxy groups -OCH3 is 4. The lowest BCUT2D eigenvalue weighted by Gasteiger charge is -2.47. The predicted octanol–water partition coefficient (Wildman–Crippen LogP) is 5.03. The number of phenols is 3. The minimum atomic E-state index is -1.39. The number of benzene rings is 4. The van der Waals surface area contributed by atoms with E-state index in [1.807, 2.05) is 12.1 Å². The lowest BCUT2D eigenvalue weighted by atomic mass is 9.76. The third-order valence-corrected chi connectivity index (χ3v) is 8.77. The van der Waals surface area contributed by atoms with Crippen molar-refractivity contribution in [2.24, 2.45) is 0 Å². The molecule has 0 amide bonds. The van der Waals surface area contributed by atoms with Crippen LogP contribution in [-0.4, -0.2) is 55.0 Å². The van der Waals surface area contributed by atoms with Gasteiger partial charge in [-0.3, -0.25) is 0 Å². The maximum Gasteiger partial charge on any atom is 0.279 e. The number of hydrogen-bond acceptors (Lipinski definition) is 11. The molecule has 45 heavy (non-hydrogen) atoms. The Hall–Kier alpha value is -5.16. The Kier molecular flexibility index (Phi) is 6.66. The highest BCUT2D eigenvalue weighted by Crippen LogP contribution is 2.61. The van der Waals surface area contributed by atoms with E-state index in [4.69, 9.17) is 33.2 Å². The summed E-state index contributed by atoms with van der Waals surface area (Å²) in [6.07, 6.45) is -1.55. The lowest BCUT2D eigenvalue weighted by molar-refractivity contribution is -0.149. The molecule has 3 aliphatic heterocycles. The van der Waals surface area contributed by atoms with Gasteiger partial charge in [0.25, 0.3) is 5.79 Å². The lowest BCUT2D eigenvalue weighted by Crippen LogP contribution is -2.47. The fraction of sp³-hybridized carbons (Fsp3) is 0.294. The molecule has 4 N–H and O–H groups in total. The molecule has 2 bridgehead atoms. The van der Waals surface area contributed by atoms with Gasteiger partial charge in [0.15, 0.2) is 23.0 Å². The number of ether oxygens (including phenoxy) is 7. The quantitative estimate of drug-likeness (QED) is 0.216. The number of phenolic OH excluding ortho intramolecular Hbond substituents is 3. The van der Waals surface area contributed by atoms with E-state index in [1.54, 1.807) is 31.4 Å². The summed E-state index contributed by atoms with van der Waals surface area (Å²) in [5.74, 6) is 0.610. The van der Waals surface area contributed by atoms with Gasteiger partial charge in [-0.1, -0.05) is 12.1 Å². The standard InChI is InChI=1S/C34H32O11/c1-39-18-6-7-19-21-15-34(44-26(19)12-18,17-10-28(40-2)33(42-4)29(11-17)41-3)45-27-14-23(36)20-13-25(38)31(43-32(20)30(21)27)16-5-8-22(35)24(37)9-16/h5-12,14,21,25,31,35-38H,13,15H2,1-4H3/t21-,25-,31+,34-/m0/s1. The van der Waals surface area contributed by atoms with Crippen molar-refractivity contribution in [3.63, 3.8) is 0 Å². The van der Waals surface area contributed by atoms with Gasteiger partial charge in [0, 0.05) is 53.1 Å². The summed E-state index contributed by atoms with van der Waals surface area (Å²) in [6, 6.07) is 14.9. The molecule has 0 unspecified atom stereocenters. The van der Waals surface area contributed by atoms with Crippen LogP contribution in [0.15, 0.2) is 54.6 Å². The van der Waals surface area contributed by atoms with E-state index in [0.717, 1.165) is 5.56 Å². The average molecular weight is 617 g/mol. The first-order valence-electron chi connectivity index (χ1n) is 14.3. The van der Waals surface area contributed by atoms with Gasteiger partial charge < -0.3 is 53.6 Å². The molecule has 4 aromatic carbocycles. The normalized spacial score (nSPS) is 22.4. The fourth-order valence-corrected chi connectivity index (χ4v) is 6.61. The average Bonchev–Trinajstić information content (AvgIpc) is 3.04. The van der Waals surface area contributed by atoms with Crippen LogP contribution in [0.2, 0.25) is 0 Å². The van der Waals surface area contributed by atoms with Gasteiger partial charge in [-0.05, 0) is 35.9 Å². The summed E-state index contributed by atoms with van der Waals surface area (Å²) in [4.78, 5) is 0. The van der Waals surface area contributed by atoms with Crippen LogP contribution >= 0.6 is 0 Å². The molecule has 0 fully saturated rings. The highest BCUT2D eigenvalue weighted by Gasteiger charge is 2.53. The van der Waals surface area contributed by atoms with Gasteiger partial charge >= 0.3 is 0 Å². The Morgan fingerprint density at radius 2 is 1.49 bits per heavy atom. The van der Waals surface area contributed by atoms with E-state index in [-0.39, 0.29) is 29.6 Å². The Labute approximate surface area is 258 Å². The van der Waals surface area contributed by atoms with E-state index in [9.17, 15) is 20.4 Å². The monoisotopic (exact) mass is 616 g/mol. The number of fused-ring (bicyclic) bond motifs is 8. The first-order valence-corrected chi connectivity index (χ1v) is 14.3. The van der Waals surface area contributed by atoms with Crippen molar-refractivity contribution >= 4 is 0 Å². The molecule has 7 rings (SSSR count). The molecular weight excluding hydrogens is 584 g/mol. The molecule has 0 aromatic heterocycles. The van der Waals surface area contributed by atoms with Gasteiger partial charge in [0.05, 0.1) is 34.5 Å². The molecule has 4 atom stereocenters. The Bertz CT molecular complexity index is 1790. The number of aliphatic hydroxyl groups excluding tert-OH is 1. The smallest absolute Gasteiger partial charge is 0.279 e. The van der Waals surface area contributed by atoms with E-state index in [1.165, 1.54) is 39.5 Å². The third kappa shape index (κ3) is 4.37. The summed E-state index contributed by atoms with van der Waals surface area (Å²) in [6.45, 7) is 0. The van der Waals surface area contributed by atoms with Crippen molar-refractivity contribution in [3.05, 3.63) is 82.4 Å². The summed E-state index contributed by atoms with van der Waals surface area (Å²) in [5.41, 5.74) is 3.02. The van der Waals surface area contributed by atoms with Crippen LogP contribution in [0.1, 0.15) is 46.3 Å². The Morgan fingerprint density at radius 3 is 2.16 bits per heavy atom. The van der Waals surface area contributed by atoms with Crippen molar-refractivity contribution in [2.75, 3.05) is 28.4 Å². The Balaban J connectivity index is 1.43. The zero-order chi connectivity index (χ0) is 31.6. The first kappa shape index (κ1) is 28.6. The highest BCUT2D eigenvalue weighted by atomic mass is 16.7. The number of aromatic hydroxyl groups is 3. The van der Waals surface area contributed by atoms with E-state index in [0.29, 0.717) is 68.9 Å². The van der Waals surface area contributed by atoms with E-state index < -0.39 is 18.0 Å². The largest absolute Gasteiger partial charge is 0.507 e. The highest BCUT2D eigenvalue weighted by molar-refractivity contribution is 5.66. The molecule has 0 radical (unpaired) electrons. The molecule has 11 nitrogen and oxygen atoms in total. The van der Waals surface area contributed by atoms with Crippen LogP contribution < -0.4 is 33.2 Å². The molecule has 0 spiro atoms. The molecule has 0 saturated heterocycles. The maximum atomic E-state index is 11.2. The first-order chi connectivity index (χ1) is 21.7.